The first kappa shape index (κ1) is 27.7. The van der Waals surface area contributed by atoms with E-state index < -0.39 is 11.9 Å². The summed E-state index contributed by atoms with van der Waals surface area (Å²) in [7, 11) is 2.11. The van der Waals surface area contributed by atoms with Crippen LogP contribution in [0.4, 0.5) is 11.5 Å². The molecule has 0 bridgehead atoms. The molecular weight excluding hydrogens is 534 g/mol. The number of phenolic OH excluding ortho intramolecular Hbond substituents is 1. The number of anilines is 2. The van der Waals surface area contributed by atoms with Crippen LogP contribution in [0.1, 0.15) is 24.1 Å². The molecule has 6 rings (SSSR count). The van der Waals surface area contributed by atoms with E-state index in [9.17, 15) is 14.7 Å². The number of aldehydes is 1. The highest BCUT2D eigenvalue weighted by Gasteiger charge is 2.35. The number of phenols is 1. The lowest BCUT2D eigenvalue weighted by Gasteiger charge is -2.40. The topological polar surface area (TPSA) is 107 Å². The molecule has 0 unspecified atom stereocenters. The Kier molecular flexibility index (Phi) is 7.80. The van der Waals surface area contributed by atoms with Crippen LogP contribution in [0.3, 0.4) is 0 Å². The molecule has 42 heavy (non-hydrogen) atoms. The summed E-state index contributed by atoms with van der Waals surface area (Å²) in [6.45, 7) is 11.5. The molecule has 4 heterocycles. The zero-order valence-corrected chi connectivity index (χ0v) is 23.8. The molecule has 2 fully saturated rings. The number of benzene rings is 2. The van der Waals surface area contributed by atoms with Crippen molar-refractivity contribution in [3.8, 4) is 11.8 Å². The second-order valence-electron chi connectivity index (χ2n) is 11.3. The molecule has 3 aromatic rings. The Morgan fingerprint density at radius 1 is 1.14 bits per heavy atom. The van der Waals surface area contributed by atoms with Crippen LogP contribution in [0.15, 0.2) is 36.4 Å². The zero-order chi connectivity index (χ0) is 29.2. The fourth-order valence-electron chi connectivity index (χ4n) is 6.48. The van der Waals surface area contributed by atoms with E-state index in [0.29, 0.717) is 64.1 Å². The number of hydrogen-bond acceptors (Lipinski definition) is 9. The van der Waals surface area contributed by atoms with Crippen LogP contribution in [-0.4, -0.2) is 102 Å². The number of piperazine rings is 1. The first-order valence-electron chi connectivity index (χ1n) is 14.5. The lowest BCUT2D eigenvalue weighted by molar-refractivity contribution is -0.140. The molecule has 1 N–H and O–H groups in total. The van der Waals surface area contributed by atoms with Gasteiger partial charge in [-0.05, 0) is 44.3 Å². The average molecular weight is 570 g/mol. The van der Waals surface area contributed by atoms with Gasteiger partial charge in [0, 0.05) is 54.9 Å². The van der Waals surface area contributed by atoms with Crippen molar-refractivity contribution in [3.05, 3.63) is 59.1 Å². The quantitative estimate of drug-likeness (QED) is 0.261. The minimum Gasteiger partial charge on any atom is -0.508 e. The Labute approximate surface area is 245 Å². The van der Waals surface area contributed by atoms with Crippen molar-refractivity contribution >= 4 is 34.5 Å². The number of aromatic nitrogens is 2. The monoisotopic (exact) mass is 569 g/mol. The van der Waals surface area contributed by atoms with Gasteiger partial charge in [-0.3, -0.25) is 9.59 Å². The maximum atomic E-state index is 12.3. The van der Waals surface area contributed by atoms with Crippen molar-refractivity contribution in [1.82, 2.24) is 19.8 Å². The molecule has 218 valence electrons. The van der Waals surface area contributed by atoms with Crippen LogP contribution in [-0.2, 0) is 22.6 Å². The number of nitrogens with zero attached hydrogens (tertiary/aromatic N) is 7. The minimum atomic E-state index is -0.591. The van der Waals surface area contributed by atoms with E-state index in [1.807, 2.05) is 18.2 Å². The predicted molar refractivity (Wildman–Crippen MR) is 159 cm³/mol. The molecule has 0 aliphatic carbocycles. The van der Waals surface area contributed by atoms with Gasteiger partial charge in [0.25, 0.3) is 5.91 Å². The SMILES string of the molecule is [C-]#[N+]C[C@H]1CN(c2nc(OC[C@H]3CCCN3C)nc3c2CCN(c2cc(O)cc4ccccc24)C3)CCN1C(=O)C=O. The Balaban J connectivity index is 1.34. The Bertz CT molecular complexity index is 1540. The largest absolute Gasteiger partial charge is 0.508 e. The van der Waals surface area contributed by atoms with Crippen molar-refractivity contribution in [3.63, 3.8) is 0 Å². The van der Waals surface area contributed by atoms with Crippen LogP contribution < -0.4 is 14.5 Å². The number of carbonyl (C=O) groups is 2. The smallest absolute Gasteiger partial charge is 0.318 e. The second-order valence-corrected chi connectivity index (χ2v) is 11.3. The molecule has 0 radical (unpaired) electrons. The highest BCUT2D eigenvalue weighted by atomic mass is 16.5. The van der Waals surface area contributed by atoms with Gasteiger partial charge in [-0.1, -0.05) is 24.3 Å². The molecule has 0 spiro atoms. The first-order chi connectivity index (χ1) is 20.4. The molecule has 2 atom stereocenters. The average Bonchev–Trinajstić information content (AvgIpc) is 3.42. The summed E-state index contributed by atoms with van der Waals surface area (Å²) < 4.78 is 6.23. The zero-order valence-electron chi connectivity index (χ0n) is 23.8. The number of carbonyl (C=O) groups excluding carboxylic acids is 2. The number of amides is 1. The Morgan fingerprint density at radius 3 is 2.79 bits per heavy atom. The van der Waals surface area contributed by atoms with Gasteiger partial charge in [-0.25, -0.2) is 6.57 Å². The fraction of sp³-hybridized carbons (Fsp3) is 0.452. The van der Waals surface area contributed by atoms with Crippen molar-refractivity contribution in [1.29, 1.82) is 0 Å². The summed E-state index contributed by atoms with van der Waals surface area (Å²) >= 11 is 0. The summed E-state index contributed by atoms with van der Waals surface area (Å²) in [5.41, 5.74) is 2.84. The van der Waals surface area contributed by atoms with Crippen LogP contribution in [0.2, 0.25) is 0 Å². The van der Waals surface area contributed by atoms with E-state index in [1.165, 1.54) is 4.90 Å². The van der Waals surface area contributed by atoms with Gasteiger partial charge in [-0.2, -0.15) is 9.97 Å². The van der Waals surface area contributed by atoms with E-state index in [0.717, 1.165) is 52.9 Å². The number of ether oxygens (including phenoxy) is 1. The van der Waals surface area contributed by atoms with Crippen LogP contribution in [0, 0.1) is 6.57 Å². The molecule has 3 aliphatic heterocycles. The van der Waals surface area contributed by atoms with Gasteiger partial charge in [-0.15, -0.1) is 0 Å². The lowest BCUT2D eigenvalue weighted by Crippen LogP contribution is -2.57. The standard InChI is InChI=1S/C31H35N7O4/c1-32-16-23-17-37(12-13-38(23)29(41)19-39)30-26-9-11-36(28-15-24(40)14-21-6-3-4-8-25(21)28)18-27(26)33-31(34-30)42-20-22-7-5-10-35(22)2/h3-4,6,8,14-15,19,22-23,40H,5,7,9-13,16-18,20H2,2H3/t22-,23+/m1/s1. The molecule has 1 amide bonds. The molecule has 0 saturated carbocycles. The predicted octanol–water partition coefficient (Wildman–Crippen LogP) is 2.51. The molecule has 2 aromatic carbocycles. The van der Waals surface area contributed by atoms with E-state index in [4.69, 9.17) is 21.3 Å². The molecule has 1 aromatic heterocycles. The lowest BCUT2D eigenvalue weighted by atomic mass is 10.0. The maximum Gasteiger partial charge on any atom is 0.318 e. The van der Waals surface area contributed by atoms with Crippen molar-refractivity contribution in [2.24, 2.45) is 0 Å². The highest BCUT2D eigenvalue weighted by molar-refractivity contribution is 6.23. The first-order valence-corrected chi connectivity index (χ1v) is 14.5. The number of likely N-dealkylation sites (tertiary alicyclic amines) is 1. The van der Waals surface area contributed by atoms with Gasteiger partial charge in [0.05, 0.1) is 12.2 Å². The van der Waals surface area contributed by atoms with E-state index >= 15 is 0 Å². The molecule has 2 saturated heterocycles. The third-order valence-electron chi connectivity index (χ3n) is 8.73. The summed E-state index contributed by atoms with van der Waals surface area (Å²) in [4.78, 5) is 45.0. The maximum absolute atomic E-state index is 12.3. The number of rotatable bonds is 7. The van der Waals surface area contributed by atoms with Crippen molar-refractivity contribution in [2.45, 2.75) is 37.9 Å². The summed E-state index contributed by atoms with van der Waals surface area (Å²) in [6.07, 6.45) is 3.21. The van der Waals surface area contributed by atoms with Gasteiger partial charge in [0.2, 0.25) is 12.8 Å². The van der Waals surface area contributed by atoms with Gasteiger partial charge in [0.15, 0.2) is 0 Å². The van der Waals surface area contributed by atoms with Crippen molar-refractivity contribution in [2.75, 3.05) is 62.7 Å². The summed E-state index contributed by atoms with van der Waals surface area (Å²) in [6, 6.07) is 11.8. The third kappa shape index (κ3) is 5.42. The van der Waals surface area contributed by atoms with Crippen LogP contribution in [0.5, 0.6) is 11.8 Å². The Hall–Kier alpha value is -4.43. The minimum absolute atomic E-state index is 0.110. The summed E-state index contributed by atoms with van der Waals surface area (Å²) in [5, 5.41) is 12.5. The van der Waals surface area contributed by atoms with Gasteiger partial charge < -0.3 is 34.3 Å². The number of aromatic hydroxyl groups is 1. The van der Waals surface area contributed by atoms with E-state index in [1.54, 1.807) is 12.1 Å². The fourth-order valence-corrected chi connectivity index (χ4v) is 6.48. The molecule has 11 nitrogen and oxygen atoms in total. The normalized spacial score (nSPS) is 20.8. The van der Waals surface area contributed by atoms with Gasteiger partial charge >= 0.3 is 6.01 Å². The number of fused-ring (bicyclic) bond motifs is 2. The van der Waals surface area contributed by atoms with E-state index in [2.05, 4.69) is 32.7 Å². The van der Waals surface area contributed by atoms with E-state index in [-0.39, 0.29) is 12.3 Å². The van der Waals surface area contributed by atoms with Gasteiger partial charge in [0.1, 0.15) is 24.2 Å². The number of likely N-dealkylation sites (N-methyl/N-ethyl adjacent to an activating group) is 1. The molecular formula is C31H35N7O4. The number of hydrogen-bond donors (Lipinski definition) is 1. The second kappa shape index (κ2) is 11.8. The Morgan fingerprint density at radius 2 is 2.00 bits per heavy atom. The molecule has 3 aliphatic rings. The highest BCUT2D eigenvalue weighted by Crippen LogP contribution is 2.36. The third-order valence-corrected chi connectivity index (χ3v) is 8.73. The van der Waals surface area contributed by atoms with Crippen molar-refractivity contribution < 1.29 is 19.4 Å². The van der Waals surface area contributed by atoms with Crippen LogP contribution >= 0.6 is 0 Å². The summed E-state index contributed by atoms with van der Waals surface area (Å²) in [5.74, 6) is 0.395. The van der Waals surface area contributed by atoms with Crippen LogP contribution in [0.25, 0.3) is 15.6 Å². The molecule has 11 heteroatoms.